The molecule has 0 atom stereocenters. The van der Waals surface area contributed by atoms with Gasteiger partial charge in [-0.3, -0.25) is 9.59 Å². The molecule has 0 saturated carbocycles. The molecule has 1 saturated heterocycles. The first-order chi connectivity index (χ1) is 13.1. The Morgan fingerprint density at radius 1 is 1.19 bits per heavy atom. The van der Waals surface area contributed by atoms with E-state index in [-0.39, 0.29) is 11.8 Å². The highest BCUT2D eigenvalue weighted by atomic mass is 35.5. The van der Waals surface area contributed by atoms with E-state index in [2.05, 4.69) is 17.2 Å². The highest BCUT2D eigenvalue weighted by Crippen LogP contribution is 2.15. The molecule has 1 aromatic heterocycles. The van der Waals surface area contributed by atoms with Crippen molar-refractivity contribution in [3.8, 4) is 0 Å². The van der Waals surface area contributed by atoms with Crippen molar-refractivity contribution in [1.29, 1.82) is 0 Å². The first kappa shape index (κ1) is 19.3. The summed E-state index contributed by atoms with van der Waals surface area (Å²) >= 11 is 5.77. The molecule has 142 valence electrons. The minimum atomic E-state index is -0.0421. The summed E-state index contributed by atoms with van der Waals surface area (Å²) < 4.78 is 0. The topological polar surface area (TPSA) is 66.7 Å². The fourth-order valence-corrected chi connectivity index (χ4v) is 3.37. The molecule has 7 heteroatoms. The number of para-hydroxylation sites is 1. The predicted molar refractivity (Wildman–Crippen MR) is 105 cm³/mol. The van der Waals surface area contributed by atoms with Crippen molar-refractivity contribution in [1.82, 2.24) is 9.88 Å². The zero-order valence-electron chi connectivity index (χ0n) is 15.4. The average molecular weight is 388 g/mol. The predicted octanol–water partition coefficient (Wildman–Crippen LogP) is 1.28. The van der Waals surface area contributed by atoms with Gasteiger partial charge in [-0.1, -0.05) is 36.7 Å². The van der Waals surface area contributed by atoms with Gasteiger partial charge in [0, 0.05) is 11.9 Å². The number of benzene rings is 1. The zero-order chi connectivity index (χ0) is 19.2. The Morgan fingerprint density at radius 2 is 1.93 bits per heavy atom. The van der Waals surface area contributed by atoms with Crippen LogP contribution in [0, 0.1) is 0 Å². The van der Waals surface area contributed by atoms with Crippen LogP contribution in [0.25, 0.3) is 0 Å². The minimum absolute atomic E-state index is 0.00702. The number of hydrogen-bond donors (Lipinski definition) is 2. The lowest BCUT2D eigenvalue weighted by Crippen LogP contribution is -3.15. The fourth-order valence-electron chi connectivity index (χ4n) is 3.26. The van der Waals surface area contributed by atoms with Crippen molar-refractivity contribution in [2.24, 2.45) is 0 Å². The Morgan fingerprint density at radius 3 is 2.59 bits per heavy atom. The first-order valence-corrected chi connectivity index (χ1v) is 9.56. The average Bonchev–Trinajstić information content (AvgIpc) is 2.69. The van der Waals surface area contributed by atoms with Crippen molar-refractivity contribution < 1.29 is 14.5 Å². The Kier molecular flexibility index (Phi) is 6.42. The minimum Gasteiger partial charge on any atom is -0.327 e. The molecule has 0 aliphatic carbocycles. The summed E-state index contributed by atoms with van der Waals surface area (Å²) in [4.78, 5) is 31.8. The molecule has 0 bridgehead atoms. The molecule has 0 unspecified atom stereocenters. The smallest absolute Gasteiger partial charge is 0.279 e. The van der Waals surface area contributed by atoms with E-state index in [1.165, 1.54) is 11.1 Å². The van der Waals surface area contributed by atoms with E-state index < -0.39 is 0 Å². The van der Waals surface area contributed by atoms with E-state index in [0.29, 0.717) is 30.4 Å². The van der Waals surface area contributed by atoms with Crippen LogP contribution < -0.4 is 10.2 Å². The lowest BCUT2D eigenvalue weighted by molar-refractivity contribution is -0.895. The van der Waals surface area contributed by atoms with Crippen molar-refractivity contribution in [3.05, 3.63) is 58.9 Å². The van der Waals surface area contributed by atoms with E-state index in [4.69, 9.17) is 11.6 Å². The first-order valence-electron chi connectivity index (χ1n) is 9.19. The van der Waals surface area contributed by atoms with E-state index >= 15 is 0 Å². The number of carbonyl (C=O) groups excluding carboxylic acids is 2. The largest absolute Gasteiger partial charge is 0.327 e. The number of piperazine rings is 1. The summed E-state index contributed by atoms with van der Waals surface area (Å²) in [7, 11) is 0. The van der Waals surface area contributed by atoms with Gasteiger partial charge in [0.2, 0.25) is 0 Å². The highest BCUT2D eigenvalue weighted by Gasteiger charge is 2.26. The van der Waals surface area contributed by atoms with Gasteiger partial charge < -0.3 is 15.1 Å². The Balaban J connectivity index is 1.49. The summed E-state index contributed by atoms with van der Waals surface area (Å²) in [5.41, 5.74) is 2.55. The van der Waals surface area contributed by atoms with Crippen LogP contribution in [0.15, 0.2) is 42.6 Å². The van der Waals surface area contributed by atoms with Crippen LogP contribution in [0.3, 0.4) is 0 Å². The third-order valence-electron chi connectivity index (χ3n) is 4.82. The van der Waals surface area contributed by atoms with Gasteiger partial charge in [0.25, 0.3) is 11.8 Å². The number of halogens is 1. The molecule has 1 aliphatic rings. The molecule has 3 rings (SSSR count). The summed E-state index contributed by atoms with van der Waals surface area (Å²) in [5.74, 6) is -0.0351. The standard InChI is InChI=1S/C20H23ClN4O2/c1-2-15-5-3-4-6-17(15)23-19(26)14-24-9-11-25(12-10-24)20(27)16-7-8-18(21)22-13-16/h3-8,13H,2,9-12,14H2,1H3,(H,23,26)/p+1. The van der Waals surface area contributed by atoms with Crippen molar-refractivity contribution in [2.45, 2.75) is 13.3 Å². The summed E-state index contributed by atoms with van der Waals surface area (Å²) in [6, 6.07) is 11.2. The number of pyridine rings is 1. The van der Waals surface area contributed by atoms with Crippen molar-refractivity contribution in [2.75, 3.05) is 38.0 Å². The Bertz CT molecular complexity index is 802. The SMILES string of the molecule is CCc1ccccc1NC(=O)C[NH+]1CCN(C(=O)c2ccc(Cl)nc2)CC1. The van der Waals surface area contributed by atoms with E-state index in [1.807, 2.05) is 24.3 Å². The van der Waals surface area contributed by atoms with Gasteiger partial charge in [0.15, 0.2) is 6.54 Å². The van der Waals surface area contributed by atoms with E-state index in [0.717, 1.165) is 30.8 Å². The molecule has 0 radical (unpaired) electrons. The number of amides is 2. The molecule has 0 spiro atoms. The molecular formula is C20H24ClN4O2+. The van der Waals surface area contributed by atoms with Gasteiger partial charge in [0.05, 0.1) is 31.7 Å². The van der Waals surface area contributed by atoms with Crippen LogP contribution in [0.4, 0.5) is 5.69 Å². The third kappa shape index (κ3) is 5.05. The Labute approximate surface area is 164 Å². The lowest BCUT2D eigenvalue weighted by Gasteiger charge is -2.31. The number of rotatable bonds is 5. The number of carbonyl (C=O) groups is 2. The van der Waals surface area contributed by atoms with Gasteiger partial charge in [-0.05, 0) is 30.2 Å². The molecule has 1 fully saturated rings. The van der Waals surface area contributed by atoms with E-state index in [9.17, 15) is 9.59 Å². The number of nitrogens with zero attached hydrogens (tertiary/aromatic N) is 2. The molecule has 2 N–H and O–H groups in total. The lowest BCUT2D eigenvalue weighted by atomic mass is 10.1. The molecule has 2 aromatic rings. The number of nitrogens with one attached hydrogen (secondary N) is 2. The Hall–Kier alpha value is -2.44. The second kappa shape index (κ2) is 8.97. The third-order valence-corrected chi connectivity index (χ3v) is 5.04. The number of anilines is 1. The highest BCUT2D eigenvalue weighted by molar-refractivity contribution is 6.29. The quantitative estimate of drug-likeness (QED) is 0.759. The maximum absolute atomic E-state index is 12.5. The van der Waals surface area contributed by atoms with Gasteiger partial charge in [-0.15, -0.1) is 0 Å². The number of aryl methyl sites for hydroxylation is 1. The van der Waals surface area contributed by atoms with Crippen LogP contribution in [0.2, 0.25) is 5.15 Å². The maximum Gasteiger partial charge on any atom is 0.279 e. The molecule has 27 heavy (non-hydrogen) atoms. The van der Waals surface area contributed by atoms with Crippen LogP contribution in [0.1, 0.15) is 22.8 Å². The van der Waals surface area contributed by atoms with E-state index in [1.54, 1.807) is 17.0 Å². The summed E-state index contributed by atoms with van der Waals surface area (Å²) in [6.45, 7) is 5.21. The van der Waals surface area contributed by atoms with Gasteiger partial charge in [-0.25, -0.2) is 4.98 Å². The summed E-state index contributed by atoms with van der Waals surface area (Å²) in [5, 5.41) is 3.38. The fraction of sp³-hybridized carbons (Fsp3) is 0.350. The number of hydrogen-bond acceptors (Lipinski definition) is 3. The zero-order valence-corrected chi connectivity index (χ0v) is 16.1. The van der Waals surface area contributed by atoms with Crippen LogP contribution in [-0.2, 0) is 11.2 Å². The second-order valence-corrected chi connectivity index (χ2v) is 7.03. The number of quaternary nitrogens is 1. The number of aromatic nitrogens is 1. The monoisotopic (exact) mass is 387 g/mol. The van der Waals surface area contributed by atoms with Crippen molar-refractivity contribution >= 4 is 29.1 Å². The normalized spacial score (nSPS) is 14.8. The van der Waals surface area contributed by atoms with Gasteiger partial charge in [0.1, 0.15) is 5.15 Å². The molecule has 2 heterocycles. The van der Waals surface area contributed by atoms with Crippen LogP contribution in [-0.4, -0.2) is 54.4 Å². The second-order valence-electron chi connectivity index (χ2n) is 6.65. The molecule has 6 nitrogen and oxygen atoms in total. The summed E-state index contributed by atoms with van der Waals surface area (Å²) in [6.07, 6.45) is 2.38. The molecule has 1 aromatic carbocycles. The molecule has 1 aliphatic heterocycles. The molecular weight excluding hydrogens is 364 g/mol. The maximum atomic E-state index is 12.5. The van der Waals surface area contributed by atoms with Crippen LogP contribution in [0.5, 0.6) is 0 Å². The van der Waals surface area contributed by atoms with Crippen molar-refractivity contribution in [3.63, 3.8) is 0 Å². The van der Waals surface area contributed by atoms with Crippen LogP contribution >= 0.6 is 11.6 Å². The molecule has 2 amide bonds. The van der Waals surface area contributed by atoms with Gasteiger partial charge >= 0.3 is 0 Å². The van der Waals surface area contributed by atoms with Gasteiger partial charge in [-0.2, -0.15) is 0 Å².